The normalized spacial score (nSPS) is 12.3. The Balaban J connectivity index is 3.23. The largest absolute Gasteiger partial charge is 0.573 e. The smallest absolute Gasteiger partial charge is 0.405 e. The molecule has 21 heavy (non-hydrogen) atoms. The van der Waals surface area contributed by atoms with E-state index in [1.54, 1.807) is 0 Å². The number of benzene rings is 1. The van der Waals surface area contributed by atoms with Gasteiger partial charge in [0, 0.05) is 6.42 Å². The van der Waals surface area contributed by atoms with Crippen LogP contribution in [0.2, 0.25) is 0 Å². The van der Waals surface area contributed by atoms with Crippen molar-refractivity contribution < 1.29 is 35.9 Å². The maximum atomic E-state index is 12.5. The first-order valence-corrected chi connectivity index (χ1v) is 6.58. The number of hydrogen-bond acceptors (Lipinski definition) is 3. The van der Waals surface area contributed by atoms with Crippen LogP contribution in [0.5, 0.6) is 5.75 Å². The molecule has 0 heterocycles. The van der Waals surface area contributed by atoms with Crippen LogP contribution in [-0.2, 0) is 11.2 Å². The predicted octanol–water partition coefficient (Wildman–Crippen LogP) is 4.55. The third-order valence-electron chi connectivity index (χ3n) is 2.04. The number of ether oxygens (including phenoxy) is 1. The number of alkyl halides is 7. The molecule has 0 amide bonds. The van der Waals surface area contributed by atoms with Crippen LogP contribution in [-0.4, -0.2) is 23.5 Å². The zero-order chi connectivity index (χ0) is 16.3. The van der Waals surface area contributed by atoms with E-state index in [0.29, 0.717) is 0 Å². The Morgan fingerprint density at radius 1 is 1.19 bits per heavy atom. The van der Waals surface area contributed by atoms with Gasteiger partial charge in [-0.15, -0.1) is 24.8 Å². The van der Waals surface area contributed by atoms with Crippen LogP contribution in [0.1, 0.15) is 5.56 Å². The zero-order valence-corrected chi connectivity index (χ0v) is 11.6. The van der Waals surface area contributed by atoms with Crippen molar-refractivity contribution in [2.24, 2.45) is 0 Å². The van der Waals surface area contributed by atoms with Crippen LogP contribution in [0.25, 0.3) is 0 Å². The molecule has 0 aliphatic rings. The van der Waals surface area contributed by atoms with Gasteiger partial charge in [-0.05, 0) is 23.4 Å². The summed E-state index contributed by atoms with van der Waals surface area (Å²) in [6, 6.07) is 2.93. The SMILES string of the molecule is O=C(CCl)Cc1cccc(OC(F)(F)F)c1SC(F)(F)F. The summed E-state index contributed by atoms with van der Waals surface area (Å²) in [7, 11) is 0. The van der Waals surface area contributed by atoms with Crippen molar-refractivity contribution in [1.29, 1.82) is 0 Å². The number of ketones is 1. The molecule has 10 heteroatoms. The molecule has 0 aliphatic heterocycles. The summed E-state index contributed by atoms with van der Waals surface area (Å²) in [5, 5.41) is 0. The van der Waals surface area contributed by atoms with Gasteiger partial charge in [0.1, 0.15) is 5.75 Å². The summed E-state index contributed by atoms with van der Waals surface area (Å²) in [6.07, 6.45) is -5.66. The second kappa shape index (κ2) is 6.78. The Labute approximate surface area is 124 Å². The lowest BCUT2D eigenvalue weighted by molar-refractivity contribution is -0.275. The lowest BCUT2D eigenvalue weighted by Crippen LogP contribution is -2.18. The maximum Gasteiger partial charge on any atom is 0.573 e. The van der Waals surface area contributed by atoms with Crippen LogP contribution in [0.3, 0.4) is 0 Å². The fourth-order valence-electron chi connectivity index (χ4n) is 1.40. The van der Waals surface area contributed by atoms with Crippen molar-refractivity contribution in [3.05, 3.63) is 23.8 Å². The predicted molar refractivity (Wildman–Crippen MR) is 64.5 cm³/mol. The fourth-order valence-corrected chi connectivity index (χ4v) is 2.20. The van der Waals surface area contributed by atoms with Gasteiger partial charge in [0.2, 0.25) is 0 Å². The first-order chi connectivity index (χ1) is 9.52. The number of carbonyl (C=O) groups is 1. The van der Waals surface area contributed by atoms with Crippen molar-refractivity contribution in [3.8, 4) is 5.75 Å². The minimum Gasteiger partial charge on any atom is -0.405 e. The quantitative estimate of drug-likeness (QED) is 0.442. The summed E-state index contributed by atoms with van der Waals surface area (Å²) in [5.74, 6) is -2.09. The number of halogens is 7. The summed E-state index contributed by atoms with van der Waals surface area (Å²) >= 11 is 4.47. The molecule has 0 bridgehead atoms. The Morgan fingerprint density at radius 3 is 2.29 bits per heavy atom. The average molecular weight is 353 g/mol. The van der Waals surface area contributed by atoms with Crippen molar-refractivity contribution in [3.63, 3.8) is 0 Å². The molecule has 0 unspecified atom stereocenters. The third-order valence-corrected chi connectivity index (χ3v) is 3.24. The molecule has 0 atom stereocenters. The van der Waals surface area contributed by atoms with E-state index in [1.807, 2.05) is 0 Å². The van der Waals surface area contributed by atoms with Crippen LogP contribution >= 0.6 is 23.4 Å². The van der Waals surface area contributed by atoms with Gasteiger partial charge < -0.3 is 4.74 Å². The Morgan fingerprint density at radius 2 is 1.81 bits per heavy atom. The number of rotatable bonds is 5. The second-order valence-electron chi connectivity index (χ2n) is 3.69. The van der Waals surface area contributed by atoms with Crippen molar-refractivity contribution in [1.82, 2.24) is 0 Å². The minimum absolute atomic E-state index is 0.232. The molecule has 0 radical (unpaired) electrons. The van der Waals surface area contributed by atoms with E-state index < -0.39 is 52.4 Å². The summed E-state index contributed by atoms with van der Waals surface area (Å²) < 4.78 is 77.6. The van der Waals surface area contributed by atoms with Gasteiger partial charge in [0.25, 0.3) is 0 Å². The first-order valence-electron chi connectivity index (χ1n) is 5.23. The maximum absolute atomic E-state index is 12.5. The highest BCUT2D eigenvalue weighted by Crippen LogP contribution is 2.44. The lowest BCUT2D eigenvalue weighted by Gasteiger charge is -2.17. The van der Waals surface area contributed by atoms with Gasteiger partial charge in [-0.1, -0.05) is 12.1 Å². The van der Waals surface area contributed by atoms with Gasteiger partial charge in [0.05, 0.1) is 10.8 Å². The number of hydrogen-bond donors (Lipinski definition) is 0. The van der Waals surface area contributed by atoms with E-state index in [0.717, 1.165) is 18.2 Å². The molecule has 0 fully saturated rings. The summed E-state index contributed by atoms with van der Waals surface area (Å²) in [5.41, 5.74) is -5.06. The zero-order valence-electron chi connectivity index (χ0n) is 10.0. The standard InChI is InChI=1S/C11H7ClF6O2S/c12-5-7(19)4-6-2-1-3-8(20-10(13,14)15)9(6)21-11(16,17)18/h1-3H,4-5H2. The van der Waals surface area contributed by atoms with E-state index in [9.17, 15) is 31.1 Å². The number of carbonyl (C=O) groups excluding carboxylic acids is 1. The van der Waals surface area contributed by atoms with Gasteiger partial charge in [-0.2, -0.15) is 13.2 Å². The summed E-state index contributed by atoms with van der Waals surface area (Å²) in [4.78, 5) is 10.4. The lowest BCUT2D eigenvalue weighted by atomic mass is 10.1. The van der Waals surface area contributed by atoms with Crippen LogP contribution in [0.15, 0.2) is 23.1 Å². The Kier molecular flexibility index (Phi) is 5.80. The Bertz CT molecular complexity index is 514. The van der Waals surface area contributed by atoms with E-state index >= 15 is 0 Å². The molecule has 1 aromatic carbocycles. The van der Waals surface area contributed by atoms with Crippen molar-refractivity contribution in [2.75, 3.05) is 5.88 Å². The van der Waals surface area contributed by atoms with E-state index in [4.69, 9.17) is 11.6 Å². The summed E-state index contributed by atoms with van der Waals surface area (Å²) in [6.45, 7) is 0. The monoisotopic (exact) mass is 352 g/mol. The molecule has 0 saturated heterocycles. The van der Waals surface area contributed by atoms with Gasteiger partial charge in [-0.25, -0.2) is 0 Å². The van der Waals surface area contributed by atoms with Gasteiger partial charge in [-0.3, -0.25) is 4.79 Å². The highest BCUT2D eigenvalue weighted by atomic mass is 35.5. The van der Waals surface area contributed by atoms with Gasteiger partial charge >= 0.3 is 11.9 Å². The molecule has 0 N–H and O–H groups in total. The van der Waals surface area contributed by atoms with E-state index in [-0.39, 0.29) is 5.56 Å². The van der Waals surface area contributed by atoms with Crippen LogP contribution in [0, 0.1) is 0 Å². The van der Waals surface area contributed by atoms with Crippen molar-refractivity contribution in [2.45, 2.75) is 23.2 Å². The first kappa shape index (κ1) is 18.0. The molecular weight excluding hydrogens is 346 g/mol. The molecule has 1 aromatic rings. The molecule has 2 nitrogen and oxygen atoms in total. The molecule has 118 valence electrons. The highest BCUT2D eigenvalue weighted by Gasteiger charge is 2.36. The average Bonchev–Trinajstić information content (AvgIpc) is 2.29. The second-order valence-corrected chi connectivity index (χ2v) is 5.03. The number of Topliss-reactive ketones (excluding diaryl/α,β-unsaturated/α-hetero) is 1. The topological polar surface area (TPSA) is 26.3 Å². The molecule has 0 spiro atoms. The number of thioether (sulfide) groups is 1. The molecule has 1 rings (SSSR count). The van der Waals surface area contributed by atoms with Crippen LogP contribution in [0.4, 0.5) is 26.3 Å². The third kappa shape index (κ3) is 6.47. The van der Waals surface area contributed by atoms with E-state index in [1.165, 1.54) is 0 Å². The van der Waals surface area contributed by atoms with Crippen molar-refractivity contribution >= 4 is 29.1 Å². The van der Waals surface area contributed by atoms with Gasteiger partial charge in [0.15, 0.2) is 5.78 Å². The Hall–Kier alpha value is -1.09. The van der Waals surface area contributed by atoms with Crippen LogP contribution < -0.4 is 4.74 Å². The molecular formula is C11H7ClF6O2S. The van der Waals surface area contributed by atoms with E-state index in [2.05, 4.69) is 4.74 Å². The molecule has 0 aliphatic carbocycles. The molecule has 0 saturated carbocycles. The molecule has 0 aromatic heterocycles. The fraction of sp³-hybridized carbons (Fsp3) is 0.364. The highest BCUT2D eigenvalue weighted by molar-refractivity contribution is 8.00. The minimum atomic E-state index is -5.14.